The molecule has 6 heteroatoms. The molecule has 0 radical (unpaired) electrons. The predicted octanol–water partition coefficient (Wildman–Crippen LogP) is 4.18. The molecule has 130 valence electrons. The summed E-state index contributed by atoms with van der Waals surface area (Å²) < 4.78 is 0. The summed E-state index contributed by atoms with van der Waals surface area (Å²) >= 11 is 1.28. The summed E-state index contributed by atoms with van der Waals surface area (Å²) in [5, 5.41) is 13.7. The number of hydrogen-bond donors (Lipinski definition) is 1. The second-order valence-electron chi connectivity index (χ2n) is 5.73. The van der Waals surface area contributed by atoms with Crippen molar-refractivity contribution < 1.29 is 4.79 Å². The Morgan fingerprint density at radius 2 is 2.12 bits per heavy atom. The van der Waals surface area contributed by atoms with Crippen molar-refractivity contribution in [3.8, 4) is 6.07 Å². The predicted molar refractivity (Wildman–Crippen MR) is 104 cm³/mol. The summed E-state index contributed by atoms with van der Waals surface area (Å²) in [4.78, 5) is 21.2. The average molecular weight is 362 g/mol. The molecule has 3 rings (SSSR count). The normalized spacial score (nSPS) is 10.5. The highest BCUT2D eigenvalue weighted by molar-refractivity contribution is 8.00. The van der Waals surface area contributed by atoms with Crippen molar-refractivity contribution >= 4 is 34.3 Å². The lowest BCUT2D eigenvalue weighted by Gasteiger charge is -2.09. The van der Waals surface area contributed by atoms with Crippen LogP contribution in [-0.4, -0.2) is 21.6 Å². The van der Waals surface area contributed by atoms with Crippen molar-refractivity contribution in [2.45, 2.75) is 24.8 Å². The maximum atomic E-state index is 12.4. The lowest BCUT2D eigenvalue weighted by atomic mass is 10.2. The Kier molecular flexibility index (Phi) is 5.82. The van der Waals surface area contributed by atoms with Crippen LogP contribution < -0.4 is 5.32 Å². The highest BCUT2D eigenvalue weighted by Gasteiger charge is 2.11. The lowest BCUT2D eigenvalue weighted by Crippen LogP contribution is -2.14. The number of rotatable bonds is 6. The molecule has 5 nitrogen and oxygen atoms in total. The van der Waals surface area contributed by atoms with E-state index < -0.39 is 0 Å². The van der Waals surface area contributed by atoms with Crippen molar-refractivity contribution in [2.75, 3.05) is 11.1 Å². The number of aryl methyl sites for hydroxylation is 1. The highest BCUT2D eigenvalue weighted by Crippen LogP contribution is 2.24. The van der Waals surface area contributed by atoms with Gasteiger partial charge >= 0.3 is 0 Å². The number of hydrogen-bond acceptors (Lipinski definition) is 5. The zero-order valence-corrected chi connectivity index (χ0v) is 15.2. The fourth-order valence-electron chi connectivity index (χ4n) is 2.60. The zero-order valence-electron chi connectivity index (χ0n) is 14.4. The fourth-order valence-corrected chi connectivity index (χ4v) is 3.39. The van der Waals surface area contributed by atoms with Crippen LogP contribution in [0.15, 0.2) is 53.7 Å². The van der Waals surface area contributed by atoms with Gasteiger partial charge < -0.3 is 5.32 Å². The van der Waals surface area contributed by atoms with Gasteiger partial charge in [-0.2, -0.15) is 5.26 Å². The second kappa shape index (κ2) is 8.45. The molecule has 1 aromatic carbocycles. The third-order valence-electron chi connectivity index (χ3n) is 3.80. The lowest BCUT2D eigenvalue weighted by molar-refractivity contribution is -0.113. The van der Waals surface area contributed by atoms with Gasteiger partial charge in [0.2, 0.25) is 5.91 Å². The van der Waals surface area contributed by atoms with E-state index in [0.29, 0.717) is 10.6 Å². The Labute approximate surface area is 156 Å². The summed E-state index contributed by atoms with van der Waals surface area (Å²) in [6.07, 6.45) is 3.56. The van der Waals surface area contributed by atoms with Crippen LogP contribution in [0.1, 0.15) is 24.6 Å². The minimum atomic E-state index is -0.141. The van der Waals surface area contributed by atoms with E-state index in [0.717, 1.165) is 35.1 Å². The zero-order chi connectivity index (χ0) is 18.4. The van der Waals surface area contributed by atoms with Crippen molar-refractivity contribution in [1.29, 1.82) is 5.26 Å². The van der Waals surface area contributed by atoms with E-state index in [4.69, 9.17) is 0 Å². The quantitative estimate of drug-likeness (QED) is 0.665. The number of thioether (sulfide) groups is 1. The second-order valence-corrected chi connectivity index (χ2v) is 6.69. The first-order valence-electron chi connectivity index (χ1n) is 8.37. The molecule has 0 bridgehead atoms. The minimum absolute atomic E-state index is 0.141. The number of carbonyl (C=O) groups is 1. The number of nitrogens with one attached hydrogen (secondary N) is 1. The third-order valence-corrected chi connectivity index (χ3v) is 4.80. The molecule has 0 spiro atoms. The molecular formula is C20H18N4OS. The van der Waals surface area contributed by atoms with E-state index in [-0.39, 0.29) is 11.7 Å². The molecule has 1 amide bonds. The number of nitriles is 1. The van der Waals surface area contributed by atoms with E-state index in [9.17, 15) is 10.1 Å². The molecule has 0 aliphatic carbocycles. The monoisotopic (exact) mass is 362 g/mol. The largest absolute Gasteiger partial charge is 0.325 e. The van der Waals surface area contributed by atoms with Crippen LogP contribution in [0.3, 0.4) is 0 Å². The molecule has 0 atom stereocenters. The number of anilines is 1. The number of carbonyl (C=O) groups excluding carboxylic acids is 1. The summed E-state index contributed by atoms with van der Waals surface area (Å²) in [5.41, 5.74) is 3.00. The summed E-state index contributed by atoms with van der Waals surface area (Å²) in [6, 6.07) is 15.2. The third kappa shape index (κ3) is 4.19. The van der Waals surface area contributed by atoms with E-state index in [1.165, 1.54) is 11.8 Å². The number of pyridine rings is 2. The van der Waals surface area contributed by atoms with Gasteiger partial charge in [0.25, 0.3) is 0 Å². The van der Waals surface area contributed by atoms with E-state index in [2.05, 4.69) is 28.3 Å². The first-order chi connectivity index (χ1) is 12.7. The van der Waals surface area contributed by atoms with Crippen LogP contribution in [0.5, 0.6) is 0 Å². The van der Waals surface area contributed by atoms with Gasteiger partial charge in [0.05, 0.1) is 22.5 Å². The van der Waals surface area contributed by atoms with Crippen LogP contribution in [0, 0.1) is 11.3 Å². The number of nitrogens with zero attached hydrogens (tertiary/aromatic N) is 3. The van der Waals surface area contributed by atoms with Gasteiger partial charge in [0.15, 0.2) is 0 Å². The maximum absolute atomic E-state index is 12.4. The molecule has 0 aliphatic heterocycles. The molecule has 0 saturated carbocycles. The smallest absolute Gasteiger partial charge is 0.234 e. The van der Waals surface area contributed by atoms with E-state index in [1.807, 2.05) is 36.4 Å². The van der Waals surface area contributed by atoms with Gasteiger partial charge in [0.1, 0.15) is 11.1 Å². The Balaban J connectivity index is 1.71. The molecule has 0 fully saturated rings. The molecule has 26 heavy (non-hydrogen) atoms. The Morgan fingerprint density at radius 3 is 2.92 bits per heavy atom. The van der Waals surface area contributed by atoms with Gasteiger partial charge in [-0.15, -0.1) is 0 Å². The molecule has 2 aromatic heterocycles. The van der Waals surface area contributed by atoms with Gasteiger partial charge in [-0.25, -0.2) is 4.98 Å². The number of benzene rings is 1. The Morgan fingerprint density at radius 1 is 1.23 bits per heavy atom. The van der Waals surface area contributed by atoms with Gasteiger partial charge in [-0.05, 0) is 42.8 Å². The SMILES string of the molecule is CCCc1ccc(C#N)c(SCC(=O)Nc2cccc3ncccc23)n1. The Hall–Kier alpha value is -2.91. The van der Waals surface area contributed by atoms with Crippen molar-refractivity contribution in [3.63, 3.8) is 0 Å². The molecule has 0 aliphatic rings. The number of aromatic nitrogens is 2. The fraction of sp³-hybridized carbons (Fsp3) is 0.200. The highest BCUT2D eigenvalue weighted by atomic mass is 32.2. The Bertz CT molecular complexity index is 976. The topological polar surface area (TPSA) is 78.7 Å². The van der Waals surface area contributed by atoms with Crippen molar-refractivity contribution in [2.24, 2.45) is 0 Å². The van der Waals surface area contributed by atoms with Crippen LogP contribution in [0.25, 0.3) is 10.9 Å². The molecule has 3 aromatic rings. The number of fused-ring (bicyclic) bond motifs is 1. The van der Waals surface area contributed by atoms with Gasteiger partial charge in [0, 0.05) is 17.3 Å². The standard InChI is InChI=1S/C20H18N4OS/c1-2-5-15-10-9-14(12-21)20(23-15)26-13-19(25)24-18-8-3-7-17-16(18)6-4-11-22-17/h3-4,6-11H,2,5,13H2,1H3,(H,24,25). The summed E-state index contributed by atoms with van der Waals surface area (Å²) in [7, 11) is 0. The summed E-state index contributed by atoms with van der Waals surface area (Å²) in [6.45, 7) is 2.08. The molecule has 2 heterocycles. The molecule has 0 saturated heterocycles. The van der Waals surface area contributed by atoms with Gasteiger partial charge in [-0.3, -0.25) is 9.78 Å². The van der Waals surface area contributed by atoms with Crippen LogP contribution in [0.2, 0.25) is 0 Å². The van der Waals surface area contributed by atoms with Crippen molar-refractivity contribution in [3.05, 3.63) is 59.9 Å². The van der Waals surface area contributed by atoms with Crippen molar-refractivity contribution in [1.82, 2.24) is 9.97 Å². The van der Waals surface area contributed by atoms with Crippen LogP contribution >= 0.6 is 11.8 Å². The van der Waals surface area contributed by atoms with Crippen LogP contribution in [-0.2, 0) is 11.2 Å². The average Bonchev–Trinajstić information content (AvgIpc) is 2.67. The number of amides is 1. The molecule has 0 unspecified atom stereocenters. The first-order valence-corrected chi connectivity index (χ1v) is 9.36. The van der Waals surface area contributed by atoms with E-state index >= 15 is 0 Å². The van der Waals surface area contributed by atoms with E-state index in [1.54, 1.807) is 12.3 Å². The maximum Gasteiger partial charge on any atom is 0.234 e. The molecule has 1 N–H and O–H groups in total. The molecular weight excluding hydrogens is 344 g/mol. The minimum Gasteiger partial charge on any atom is -0.325 e. The van der Waals surface area contributed by atoms with Gasteiger partial charge in [-0.1, -0.05) is 31.2 Å². The summed E-state index contributed by atoms with van der Waals surface area (Å²) in [5.74, 6) is 0.0476. The van der Waals surface area contributed by atoms with Crippen LogP contribution in [0.4, 0.5) is 5.69 Å². The first kappa shape index (κ1) is 17.9.